The minimum Gasteiger partial charge on any atom is -0.373 e. The van der Waals surface area contributed by atoms with Gasteiger partial charge in [-0.25, -0.2) is 9.97 Å². The Hall–Kier alpha value is -1.90. The summed E-state index contributed by atoms with van der Waals surface area (Å²) in [6.07, 6.45) is 0. The predicted octanol–water partition coefficient (Wildman–Crippen LogP) is 4.23. The smallest absolute Gasteiger partial charge is 0.133 e. The van der Waals surface area contributed by atoms with Crippen molar-refractivity contribution in [1.29, 1.82) is 0 Å². The monoisotopic (exact) mass is 269 g/mol. The summed E-state index contributed by atoms with van der Waals surface area (Å²) < 4.78 is 0. The van der Waals surface area contributed by atoms with Crippen LogP contribution in [0.2, 0.25) is 0 Å². The highest BCUT2D eigenvalue weighted by atomic mass is 15.0. The van der Waals surface area contributed by atoms with Crippen molar-refractivity contribution in [3.63, 3.8) is 0 Å². The van der Waals surface area contributed by atoms with E-state index in [-0.39, 0.29) is 0 Å². The van der Waals surface area contributed by atoms with Gasteiger partial charge in [-0.1, -0.05) is 26.0 Å². The van der Waals surface area contributed by atoms with Crippen LogP contribution in [0, 0.1) is 20.8 Å². The van der Waals surface area contributed by atoms with E-state index in [0.29, 0.717) is 5.92 Å². The Morgan fingerprint density at radius 3 is 2.25 bits per heavy atom. The Balaban J connectivity index is 2.65. The molecule has 0 aliphatic rings. The largest absolute Gasteiger partial charge is 0.373 e. The summed E-state index contributed by atoms with van der Waals surface area (Å²) in [5.41, 5.74) is 5.87. The van der Waals surface area contributed by atoms with E-state index in [1.54, 1.807) is 0 Å². The maximum Gasteiger partial charge on any atom is 0.133 e. The number of nitrogens with one attached hydrogen (secondary N) is 1. The van der Waals surface area contributed by atoms with Gasteiger partial charge in [0.1, 0.15) is 11.6 Å². The van der Waals surface area contributed by atoms with Crippen molar-refractivity contribution in [3.8, 4) is 11.3 Å². The molecular weight excluding hydrogens is 246 g/mol. The number of aromatic nitrogens is 2. The molecule has 0 aliphatic heterocycles. The molecule has 0 fully saturated rings. The van der Waals surface area contributed by atoms with Crippen LogP contribution in [-0.4, -0.2) is 17.0 Å². The second-order valence-electron chi connectivity index (χ2n) is 5.61. The number of rotatable bonds is 3. The maximum atomic E-state index is 4.77. The first-order valence-corrected chi connectivity index (χ1v) is 7.08. The van der Waals surface area contributed by atoms with E-state index in [1.165, 1.54) is 11.1 Å². The Morgan fingerprint density at radius 2 is 1.70 bits per heavy atom. The molecule has 0 amide bonds. The number of hydrogen-bond donors (Lipinski definition) is 1. The molecule has 0 aliphatic carbocycles. The lowest BCUT2D eigenvalue weighted by Gasteiger charge is -2.14. The molecule has 1 aromatic carbocycles. The average Bonchev–Trinajstić information content (AvgIpc) is 2.42. The van der Waals surface area contributed by atoms with E-state index in [0.717, 1.165) is 28.5 Å². The van der Waals surface area contributed by atoms with Crippen molar-refractivity contribution in [3.05, 3.63) is 40.7 Å². The fourth-order valence-corrected chi connectivity index (χ4v) is 2.21. The van der Waals surface area contributed by atoms with Gasteiger partial charge in [0.25, 0.3) is 0 Å². The molecule has 0 unspecified atom stereocenters. The van der Waals surface area contributed by atoms with Crippen LogP contribution in [0.25, 0.3) is 11.3 Å². The van der Waals surface area contributed by atoms with Crippen LogP contribution in [-0.2, 0) is 0 Å². The summed E-state index contributed by atoms with van der Waals surface area (Å²) >= 11 is 0. The van der Waals surface area contributed by atoms with E-state index in [9.17, 15) is 0 Å². The first-order valence-electron chi connectivity index (χ1n) is 7.08. The van der Waals surface area contributed by atoms with Gasteiger partial charge in [-0.2, -0.15) is 0 Å². The van der Waals surface area contributed by atoms with Crippen LogP contribution in [0.5, 0.6) is 0 Å². The standard InChI is InChI=1S/C17H23N3/c1-10(2)16-19-15(13(5)17(18-6)20-16)14-8-7-11(3)12(4)9-14/h7-10H,1-6H3,(H,18,19,20). The van der Waals surface area contributed by atoms with Crippen LogP contribution in [0.3, 0.4) is 0 Å². The molecule has 0 saturated heterocycles. The van der Waals surface area contributed by atoms with Gasteiger partial charge < -0.3 is 5.32 Å². The molecule has 0 saturated carbocycles. The highest BCUT2D eigenvalue weighted by molar-refractivity contribution is 5.69. The van der Waals surface area contributed by atoms with Gasteiger partial charge >= 0.3 is 0 Å². The van der Waals surface area contributed by atoms with Crippen LogP contribution >= 0.6 is 0 Å². The molecule has 2 aromatic rings. The fourth-order valence-electron chi connectivity index (χ4n) is 2.21. The van der Waals surface area contributed by atoms with Gasteiger partial charge in [0.15, 0.2) is 0 Å². The Labute approximate surface area is 121 Å². The minimum absolute atomic E-state index is 0.313. The molecule has 3 nitrogen and oxygen atoms in total. The van der Waals surface area contributed by atoms with E-state index < -0.39 is 0 Å². The quantitative estimate of drug-likeness (QED) is 0.906. The van der Waals surface area contributed by atoms with Crippen LogP contribution in [0.15, 0.2) is 18.2 Å². The normalized spacial score (nSPS) is 10.9. The molecule has 106 valence electrons. The molecule has 0 spiro atoms. The second-order valence-corrected chi connectivity index (χ2v) is 5.61. The molecule has 0 radical (unpaired) electrons. The Kier molecular flexibility index (Phi) is 4.07. The first-order chi connectivity index (χ1) is 9.43. The zero-order chi connectivity index (χ0) is 14.9. The summed E-state index contributed by atoms with van der Waals surface area (Å²) in [5, 5.41) is 3.18. The van der Waals surface area contributed by atoms with Crippen molar-refractivity contribution in [2.24, 2.45) is 0 Å². The fraction of sp³-hybridized carbons (Fsp3) is 0.412. The number of nitrogens with zero attached hydrogens (tertiary/aromatic N) is 2. The van der Waals surface area contributed by atoms with E-state index in [4.69, 9.17) is 4.98 Å². The van der Waals surface area contributed by atoms with Crippen LogP contribution < -0.4 is 5.32 Å². The van der Waals surface area contributed by atoms with Gasteiger partial charge in [-0.3, -0.25) is 0 Å². The molecule has 1 heterocycles. The van der Waals surface area contributed by atoms with Crippen molar-refractivity contribution < 1.29 is 0 Å². The summed E-state index contributed by atoms with van der Waals surface area (Å²) in [5.74, 6) is 2.11. The predicted molar refractivity (Wildman–Crippen MR) is 85.3 cm³/mol. The van der Waals surface area contributed by atoms with Gasteiger partial charge in [0.05, 0.1) is 5.69 Å². The molecule has 0 atom stereocenters. The lowest BCUT2D eigenvalue weighted by Crippen LogP contribution is -2.06. The van der Waals surface area contributed by atoms with Crippen molar-refractivity contribution in [2.45, 2.75) is 40.5 Å². The zero-order valence-corrected chi connectivity index (χ0v) is 13.2. The van der Waals surface area contributed by atoms with Gasteiger partial charge in [-0.15, -0.1) is 0 Å². The number of hydrogen-bond acceptors (Lipinski definition) is 3. The molecule has 20 heavy (non-hydrogen) atoms. The van der Waals surface area contributed by atoms with Crippen LogP contribution in [0.4, 0.5) is 5.82 Å². The molecule has 0 bridgehead atoms. The highest BCUT2D eigenvalue weighted by Crippen LogP contribution is 2.28. The molecule has 1 aromatic heterocycles. The molecular formula is C17H23N3. The summed E-state index contributed by atoms with van der Waals surface area (Å²) in [6, 6.07) is 6.50. The molecule has 2 rings (SSSR count). The zero-order valence-electron chi connectivity index (χ0n) is 13.2. The third kappa shape index (κ3) is 2.67. The average molecular weight is 269 g/mol. The number of anilines is 1. The number of benzene rings is 1. The van der Waals surface area contributed by atoms with Crippen LogP contribution in [0.1, 0.15) is 42.3 Å². The Morgan fingerprint density at radius 1 is 1.00 bits per heavy atom. The third-order valence-electron chi connectivity index (χ3n) is 3.70. The van der Waals surface area contributed by atoms with Crippen molar-refractivity contribution in [1.82, 2.24) is 9.97 Å². The van der Waals surface area contributed by atoms with Crippen molar-refractivity contribution >= 4 is 5.82 Å². The Bertz CT molecular complexity index is 630. The van der Waals surface area contributed by atoms with E-state index in [2.05, 4.69) is 63.1 Å². The minimum atomic E-state index is 0.313. The second kappa shape index (κ2) is 5.61. The SMILES string of the molecule is CNc1nc(C(C)C)nc(-c2ccc(C)c(C)c2)c1C. The third-order valence-corrected chi connectivity index (χ3v) is 3.70. The van der Waals surface area contributed by atoms with E-state index >= 15 is 0 Å². The topological polar surface area (TPSA) is 37.8 Å². The van der Waals surface area contributed by atoms with Gasteiger partial charge in [0.2, 0.25) is 0 Å². The van der Waals surface area contributed by atoms with E-state index in [1.807, 2.05) is 7.05 Å². The van der Waals surface area contributed by atoms with Gasteiger partial charge in [-0.05, 0) is 38.0 Å². The molecule has 1 N–H and O–H groups in total. The maximum absolute atomic E-state index is 4.77. The first kappa shape index (κ1) is 14.5. The summed E-state index contributed by atoms with van der Waals surface area (Å²) in [7, 11) is 1.91. The van der Waals surface area contributed by atoms with Crippen molar-refractivity contribution in [2.75, 3.05) is 12.4 Å². The summed E-state index contributed by atoms with van der Waals surface area (Å²) in [6.45, 7) is 10.6. The highest BCUT2D eigenvalue weighted by Gasteiger charge is 2.14. The lowest BCUT2D eigenvalue weighted by molar-refractivity contribution is 0.775. The number of aryl methyl sites for hydroxylation is 2. The summed E-state index contributed by atoms with van der Waals surface area (Å²) in [4.78, 5) is 9.36. The van der Waals surface area contributed by atoms with Gasteiger partial charge in [0, 0.05) is 24.1 Å². The lowest BCUT2D eigenvalue weighted by atomic mass is 10.0. The molecule has 3 heteroatoms.